The molecule has 0 radical (unpaired) electrons. The van der Waals surface area contributed by atoms with Crippen molar-refractivity contribution in [2.75, 3.05) is 19.5 Å². The zero-order valence-electron chi connectivity index (χ0n) is 24.1. The van der Waals surface area contributed by atoms with Crippen LogP contribution in [0.25, 0.3) is 33.9 Å². The van der Waals surface area contributed by atoms with Gasteiger partial charge in [-0.1, -0.05) is 78.3 Å². The number of carbonyl (C=O) groups is 2. The van der Waals surface area contributed by atoms with Crippen LogP contribution in [0.1, 0.15) is 27.0 Å². The van der Waals surface area contributed by atoms with E-state index in [1.54, 1.807) is 26.4 Å². The van der Waals surface area contributed by atoms with Gasteiger partial charge in [0.15, 0.2) is 0 Å². The third-order valence-electron chi connectivity index (χ3n) is 7.22. The molecule has 0 unspecified atom stereocenters. The van der Waals surface area contributed by atoms with E-state index in [4.69, 9.17) is 21.1 Å². The SMILES string of the molecule is COc1ccc(C=C2C(=O)Nc3ccc(Cl)c(C)c32)cc1-c1ccccc1.COc1ccc(C=O)cc1-c1ccccc1. The van der Waals surface area contributed by atoms with Crippen molar-refractivity contribution in [2.24, 2.45) is 0 Å². The molecule has 1 heterocycles. The van der Waals surface area contributed by atoms with Gasteiger partial charge in [0.05, 0.1) is 14.2 Å². The molecule has 0 saturated carbocycles. The average molecular weight is 588 g/mol. The third-order valence-corrected chi connectivity index (χ3v) is 7.63. The average Bonchev–Trinajstić information content (AvgIpc) is 3.38. The molecule has 0 aliphatic carbocycles. The van der Waals surface area contributed by atoms with Crippen LogP contribution in [0.4, 0.5) is 5.69 Å². The highest BCUT2D eigenvalue weighted by Gasteiger charge is 2.26. The molecule has 0 aromatic heterocycles. The molecular formula is C37H30ClNO4. The van der Waals surface area contributed by atoms with Crippen molar-refractivity contribution in [2.45, 2.75) is 6.92 Å². The van der Waals surface area contributed by atoms with Gasteiger partial charge >= 0.3 is 0 Å². The number of hydrogen-bond donors (Lipinski definition) is 1. The van der Waals surface area contributed by atoms with Gasteiger partial charge in [0.1, 0.15) is 17.8 Å². The van der Waals surface area contributed by atoms with Crippen molar-refractivity contribution >= 4 is 41.1 Å². The van der Waals surface area contributed by atoms with Gasteiger partial charge in [-0.2, -0.15) is 0 Å². The van der Waals surface area contributed by atoms with Crippen LogP contribution in [-0.4, -0.2) is 26.4 Å². The quantitative estimate of drug-likeness (QED) is 0.159. The standard InChI is InChI=1S/C23H18ClNO2.C14H12O2/c1-14-19(24)9-10-20-22(14)18(23(26)25-20)13-15-8-11-21(27-2)17(12-15)16-6-4-3-5-7-16;1-16-14-8-7-11(10-15)9-13(14)12-5-3-2-4-6-12/h3-13H,1-2H3,(H,25,26);2-10H,1H3. The highest BCUT2D eigenvalue weighted by atomic mass is 35.5. The molecule has 0 spiro atoms. The lowest BCUT2D eigenvalue weighted by atomic mass is 9.97. The first kappa shape index (κ1) is 29.4. The molecule has 0 fully saturated rings. The summed E-state index contributed by atoms with van der Waals surface area (Å²) in [7, 11) is 3.29. The highest BCUT2D eigenvalue weighted by Crippen LogP contribution is 2.39. The Hall–Kier alpha value is -5.13. The molecule has 214 valence electrons. The summed E-state index contributed by atoms with van der Waals surface area (Å²) < 4.78 is 10.8. The number of halogens is 1. The Morgan fingerprint density at radius 2 is 1.23 bits per heavy atom. The van der Waals surface area contributed by atoms with E-state index in [0.717, 1.165) is 62.4 Å². The van der Waals surface area contributed by atoms with E-state index in [2.05, 4.69) is 5.32 Å². The Morgan fingerprint density at radius 1 is 0.698 bits per heavy atom. The lowest BCUT2D eigenvalue weighted by Crippen LogP contribution is -2.03. The summed E-state index contributed by atoms with van der Waals surface area (Å²) in [6.07, 6.45) is 2.74. The minimum Gasteiger partial charge on any atom is -0.496 e. The largest absolute Gasteiger partial charge is 0.496 e. The number of benzene rings is 5. The van der Waals surface area contributed by atoms with Gasteiger partial charge in [-0.05, 0) is 77.7 Å². The van der Waals surface area contributed by atoms with Crippen LogP contribution in [0.5, 0.6) is 11.5 Å². The summed E-state index contributed by atoms with van der Waals surface area (Å²) >= 11 is 6.27. The first-order chi connectivity index (χ1) is 20.9. The van der Waals surface area contributed by atoms with E-state index in [0.29, 0.717) is 16.2 Å². The van der Waals surface area contributed by atoms with Crippen molar-refractivity contribution < 1.29 is 19.1 Å². The second-order valence-electron chi connectivity index (χ2n) is 9.88. The highest BCUT2D eigenvalue weighted by molar-refractivity contribution is 6.37. The zero-order valence-corrected chi connectivity index (χ0v) is 24.8. The number of anilines is 1. The van der Waals surface area contributed by atoms with E-state index < -0.39 is 0 Å². The molecule has 43 heavy (non-hydrogen) atoms. The van der Waals surface area contributed by atoms with Crippen LogP contribution in [0.15, 0.2) is 109 Å². The Kier molecular flexibility index (Phi) is 9.04. The zero-order chi connectivity index (χ0) is 30.3. The smallest absolute Gasteiger partial charge is 0.256 e. The first-order valence-electron chi connectivity index (χ1n) is 13.7. The number of fused-ring (bicyclic) bond motifs is 1. The fourth-order valence-electron chi connectivity index (χ4n) is 5.05. The van der Waals surface area contributed by atoms with Crippen molar-refractivity contribution in [3.05, 3.63) is 136 Å². The number of carbonyl (C=O) groups excluding carboxylic acids is 2. The number of ether oxygens (including phenoxy) is 2. The Morgan fingerprint density at radius 3 is 1.77 bits per heavy atom. The summed E-state index contributed by atoms with van der Waals surface area (Å²) in [5, 5.41) is 3.56. The Bertz CT molecular complexity index is 1810. The van der Waals surface area contributed by atoms with Gasteiger partial charge in [-0.25, -0.2) is 0 Å². The van der Waals surface area contributed by atoms with Gasteiger partial charge in [-0.3, -0.25) is 9.59 Å². The molecule has 5 nitrogen and oxygen atoms in total. The maximum Gasteiger partial charge on any atom is 0.256 e. The van der Waals surface area contributed by atoms with Crippen LogP contribution in [-0.2, 0) is 4.79 Å². The van der Waals surface area contributed by atoms with Crippen molar-refractivity contribution in [3.8, 4) is 33.8 Å². The molecule has 6 heteroatoms. The van der Waals surface area contributed by atoms with E-state index in [1.807, 2.05) is 110 Å². The molecule has 0 atom stereocenters. The normalized spacial score (nSPS) is 12.6. The van der Waals surface area contributed by atoms with E-state index in [1.165, 1.54) is 0 Å². The third kappa shape index (κ3) is 6.37. The number of rotatable bonds is 6. The number of hydrogen-bond acceptors (Lipinski definition) is 4. The summed E-state index contributed by atoms with van der Waals surface area (Å²) in [6.45, 7) is 1.93. The maximum absolute atomic E-state index is 12.5. The van der Waals surface area contributed by atoms with Crippen LogP contribution in [0.3, 0.4) is 0 Å². The van der Waals surface area contributed by atoms with Crippen LogP contribution in [0.2, 0.25) is 5.02 Å². The fourth-order valence-corrected chi connectivity index (χ4v) is 5.20. The Balaban J connectivity index is 0.000000196. The minimum atomic E-state index is -0.118. The summed E-state index contributed by atoms with van der Waals surface area (Å²) in [6, 6.07) is 34.9. The van der Waals surface area contributed by atoms with Crippen LogP contribution in [0, 0.1) is 6.92 Å². The molecule has 0 saturated heterocycles. The fraction of sp³-hybridized carbons (Fsp3) is 0.0811. The predicted molar refractivity (Wildman–Crippen MR) is 175 cm³/mol. The number of nitrogens with one attached hydrogen (secondary N) is 1. The van der Waals surface area contributed by atoms with Crippen molar-refractivity contribution in [3.63, 3.8) is 0 Å². The Labute approximate surface area is 256 Å². The van der Waals surface area contributed by atoms with Crippen LogP contribution >= 0.6 is 11.6 Å². The second-order valence-corrected chi connectivity index (χ2v) is 10.3. The predicted octanol–water partition coefficient (Wildman–Crippen LogP) is 8.99. The number of amides is 1. The molecule has 1 N–H and O–H groups in total. The van der Waals surface area contributed by atoms with Gasteiger partial charge in [0.2, 0.25) is 0 Å². The van der Waals surface area contributed by atoms with Gasteiger partial charge < -0.3 is 14.8 Å². The molecule has 6 rings (SSSR count). The first-order valence-corrected chi connectivity index (χ1v) is 14.1. The van der Waals surface area contributed by atoms with Crippen molar-refractivity contribution in [1.82, 2.24) is 0 Å². The summed E-state index contributed by atoms with van der Waals surface area (Å²) in [5.74, 6) is 1.45. The van der Waals surface area contributed by atoms with Gasteiger partial charge in [0.25, 0.3) is 5.91 Å². The molecule has 5 aromatic rings. The summed E-state index contributed by atoms with van der Waals surface area (Å²) in [5.41, 5.74) is 8.78. The molecule has 1 aliphatic heterocycles. The van der Waals surface area contributed by atoms with E-state index in [9.17, 15) is 9.59 Å². The topological polar surface area (TPSA) is 64.6 Å². The van der Waals surface area contributed by atoms with E-state index >= 15 is 0 Å². The lowest BCUT2D eigenvalue weighted by Gasteiger charge is -2.10. The maximum atomic E-state index is 12.5. The minimum absolute atomic E-state index is 0.118. The lowest BCUT2D eigenvalue weighted by molar-refractivity contribution is -0.110. The summed E-state index contributed by atoms with van der Waals surface area (Å²) in [4.78, 5) is 23.3. The molecular weight excluding hydrogens is 558 g/mol. The number of methoxy groups -OCH3 is 2. The molecule has 1 aliphatic rings. The van der Waals surface area contributed by atoms with Gasteiger partial charge in [-0.15, -0.1) is 0 Å². The van der Waals surface area contributed by atoms with Crippen molar-refractivity contribution in [1.29, 1.82) is 0 Å². The number of aldehydes is 1. The van der Waals surface area contributed by atoms with Gasteiger partial charge in [0, 0.05) is 38.5 Å². The molecule has 1 amide bonds. The second kappa shape index (κ2) is 13.2. The molecule has 5 aromatic carbocycles. The van der Waals surface area contributed by atoms with E-state index in [-0.39, 0.29) is 5.91 Å². The molecule has 0 bridgehead atoms. The monoisotopic (exact) mass is 587 g/mol. The van der Waals surface area contributed by atoms with Crippen LogP contribution < -0.4 is 14.8 Å².